The van der Waals surface area contributed by atoms with Crippen LogP contribution in [0.2, 0.25) is 5.02 Å². The second kappa shape index (κ2) is 12.6. The molecule has 0 aliphatic carbocycles. The second-order valence-corrected chi connectivity index (χ2v) is 5.76. The van der Waals surface area contributed by atoms with E-state index >= 15 is 0 Å². The van der Waals surface area contributed by atoms with Crippen LogP contribution in [0.25, 0.3) is 0 Å². The van der Waals surface area contributed by atoms with Gasteiger partial charge in [-0.15, -0.1) is 24.8 Å². The Morgan fingerprint density at radius 1 is 1.21 bits per heavy atom. The molecule has 1 aromatic carbocycles. The van der Waals surface area contributed by atoms with Crippen molar-refractivity contribution in [2.24, 2.45) is 0 Å². The van der Waals surface area contributed by atoms with E-state index in [1.165, 1.54) is 0 Å². The van der Waals surface area contributed by atoms with E-state index in [4.69, 9.17) is 16.3 Å². The summed E-state index contributed by atoms with van der Waals surface area (Å²) < 4.78 is 5.70. The first-order valence-electron chi connectivity index (χ1n) is 7.73. The van der Waals surface area contributed by atoms with Crippen LogP contribution in [0.4, 0.5) is 0 Å². The van der Waals surface area contributed by atoms with Crippen molar-refractivity contribution in [3.63, 3.8) is 0 Å². The van der Waals surface area contributed by atoms with Crippen LogP contribution in [0.1, 0.15) is 6.42 Å². The summed E-state index contributed by atoms with van der Waals surface area (Å²) in [5.41, 5.74) is 0. The summed E-state index contributed by atoms with van der Waals surface area (Å²) in [5, 5.41) is 3.65. The van der Waals surface area contributed by atoms with Gasteiger partial charge in [0.2, 0.25) is 5.91 Å². The molecular weight excluding hydrogens is 373 g/mol. The Balaban J connectivity index is 0.00000264. The average Bonchev–Trinajstić information content (AvgIpc) is 2.55. The molecule has 2 rings (SSSR count). The molecule has 1 aromatic rings. The van der Waals surface area contributed by atoms with Gasteiger partial charge in [-0.25, -0.2) is 0 Å². The van der Waals surface area contributed by atoms with E-state index in [2.05, 4.69) is 10.2 Å². The van der Waals surface area contributed by atoms with E-state index in [0.29, 0.717) is 18.1 Å². The monoisotopic (exact) mass is 397 g/mol. The number of nitrogens with zero attached hydrogens (tertiary/aromatic N) is 2. The van der Waals surface area contributed by atoms with Crippen molar-refractivity contribution in [2.75, 3.05) is 52.9 Å². The van der Waals surface area contributed by atoms with Crippen molar-refractivity contribution in [3.05, 3.63) is 29.3 Å². The molecule has 0 bridgehead atoms. The van der Waals surface area contributed by atoms with Gasteiger partial charge in [0.15, 0.2) is 0 Å². The number of carbonyl (C=O) groups is 1. The predicted molar refractivity (Wildman–Crippen MR) is 103 cm³/mol. The lowest BCUT2D eigenvalue weighted by molar-refractivity contribution is -0.132. The number of para-hydroxylation sites is 1. The zero-order chi connectivity index (χ0) is 15.8. The maximum atomic E-state index is 11.9. The van der Waals surface area contributed by atoms with Crippen molar-refractivity contribution in [1.29, 1.82) is 0 Å². The van der Waals surface area contributed by atoms with E-state index in [1.54, 1.807) is 0 Å². The van der Waals surface area contributed by atoms with Gasteiger partial charge < -0.3 is 15.0 Å². The van der Waals surface area contributed by atoms with Gasteiger partial charge in [-0.05, 0) is 19.2 Å². The number of hydrogen-bond donors (Lipinski definition) is 1. The molecule has 0 spiro atoms. The fourth-order valence-electron chi connectivity index (χ4n) is 2.46. The van der Waals surface area contributed by atoms with Crippen LogP contribution in [0.15, 0.2) is 24.3 Å². The molecule has 1 N–H and O–H groups in total. The lowest BCUT2D eigenvalue weighted by Crippen LogP contribution is -2.49. The van der Waals surface area contributed by atoms with Crippen molar-refractivity contribution >= 4 is 42.3 Å². The number of carbonyl (C=O) groups excluding carboxylic acids is 1. The first kappa shape index (κ1) is 23.3. The van der Waals surface area contributed by atoms with Crippen LogP contribution in [0.3, 0.4) is 0 Å². The first-order valence-corrected chi connectivity index (χ1v) is 8.10. The lowest BCUT2D eigenvalue weighted by atomic mass is 10.2. The van der Waals surface area contributed by atoms with Crippen molar-refractivity contribution in [1.82, 2.24) is 15.1 Å². The van der Waals surface area contributed by atoms with Gasteiger partial charge in [0, 0.05) is 45.7 Å². The highest BCUT2D eigenvalue weighted by Crippen LogP contribution is 2.22. The Bertz CT molecular complexity index is 483. The van der Waals surface area contributed by atoms with Crippen LogP contribution in [0, 0.1) is 0 Å². The molecule has 0 atom stereocenters. The van der Waals surface area contributed by atoms with Gasteiger partial charge in [0.1, 0.15) is 12.4 Å². The number of ether oxygens (including phenoxy) is 1. The predicted octanol–water partition coefficient (Wildman–Crippen LogP) is 2.32. The summed E-state index contributed by atoms with van der Waals surface area (Å²) in [6.45, 7) is 5.60. The van der Waals surface area contributed by atoms with E-state index in [-0.39, 0.29) is 30.7 Å². The lowest BCUT2D eigenvalue weighted by Gasteiger charge is -2.34. The third-order valence-electron chi connectivity index (χ3n) is 3.82. The molecule has 1 aliphatic rings. The molecule has 138 valence electrons. The highest BCUT2D eigenvalue weighted by molar-refractivity contribution is 6.32. The number of halogens is 3. The van der Waals surface area contributed by atoms with Crippen molar-refractivity contribution in [3.8, 4) is 5.75 Å². The number of piperazine rings is 1. The smallest absolute Gasteiger partial charge is 0.223 e. The Hall–Kier alpha value is -0.720. The van der Waals surface area contributed by atoms with Crippen molar-refractivity contribution in [2.45, 2.75) is 6.42 Å². The molecule has 1 heterocycles. The number of amides is 1. The largest absolute Gasteiger partial charge is 0.491 e. The Kier molecular flexibility index (Phi) is 12.2. The van der Waals surface area contributed by atoms with E-state index in [9.17, 15) is 4.79 Å². The molecule has 24 heavy (non-hydrogen) atoms. The van der Waals surface area contributed by atoms with Crippen LogP contribution in [0.5, 0.6) is 5.75 Å². The van der Waals surface area contributed by atoms with Gasteiger partial charge >= 0.3 is 0 Å². The third kappa shape index (κ3) is 7.45. The fourth-order valence-corrected chi connectivity index (χ4v) is 2.65. The topological polar surface area (TPSA) is 44.8 Å². The molecule has 0 aromatic heterocycles. The minimum absolute atomic E-state index is 0. The molecular formula is C16H26Cl3N3O2. The van der Waals surface area contributed by atoms with Gasteiger partial charge in [-0.3, -0.25) is 9.69 Å². The van der Waals surface area contributed by atoms with Gasteiger partial charge in [-0.2, -0.15) is 0 Å². The number of hydrogen-bond acceptors (Lipinski definition) is 4. The molecule has 0 saturated carbocycles. The average molecular weight is 399 g/mol. The molecule has 1 amide bonds. The number of nitrogens with one attached hydrogen (secondary N) is 1. The minimum atomic E-state index is 0. The highest BCUT2D eigenvalue weighted by atomic mass is 35.5. The van der Waals surface area contributed by atoms with E-state index in [1.807, 2.05) is 36.2 Å². The summed E-state index contributed by atoms with van der Waals surface area (Å²) in [4.78, 5) is 16.2. The molecule has 0 unspecified atom stereocenters. The van der Waals surface area contributed by atoms with Crippen LogP contribution in [-0.2, 0) is 4.79 Å². The molecule has 5 nitrogen and oxygen atoms in total. The summed E-state index contributed by atoms with van der Waals surface area (Å²) in [5.74, 6) is 0.964. The zero-order valence-electron chi connectivity index (χ0n) is 13.9. The van der Waals surface area contributed by atoms with Crippen LogP contribution >= 0.6 is 36.4 Å². The summed E-state index contributed by atoms with van der Waals surface area (Å²) in [6.07, 6.45) is 0.576. The maximum absolute atomic E-state index is 11.9. The number of benzene rings is 1. The normalized spacial score (nSPS) is 14.5. The Morgan fingerprint density at radius 2 is 1.88 bits per heavy atom. The van der Waals surface area contributed by atoms with E-state index in [0.717, 1.165) is 45.0 Å². The Labute approximate surface area is 161 Å². The maximum Gasteiger partial charge on any atom is 0.223 e. The van der Waals surface area contributed by atoms with E-state index < -0.39 is 0 Å². The van der Waals surface area contributed by atoms with Crippen LogP contribution in [-0.4, -0.2) is 68.6 Å². The van der Waals surface area contributed by atoms with Crippen LogP contribution < -0.4 is 10.1 Å². The van der Waals surface area contributed by atoms with Gasteiger partial charge in [0.25, 0.3) is 0 Å². The molecule has 0 radical (unpaired) electrons. The number of rotatable bonds is 7. The molecule has 8 heteroatoms. The minimum Gasteiger partial charge on any atom is -0.491 e. The first-order chi connectivity index (χ1) is 10.7. The SMILES string of the molecule is CNCCC(=O)N1CCN(CCOc2ccccc2Cl)CC1.Cl.Cl. The standard InChI is InChI=1S/C16H24ClN3O2.2ClH/c1-18-7-6-16(21)20-10-8-19(9-11-20)12-13-22-15-5-3-2-4-14(15)17;;/h2-5,18H,6-13H2,1H3;2*1H. The van der Waals surface area contributed by atoms with Crippen molar-refractivity contribution < 1.29 is 9.53 Å². The summed E-state index contributed by atoms with van der Waals surface area (Å²) in [6, 6.07) is 7.50. The zero-order valence-corrected chi connectivity index (χ0v) is 16.3. The molecule has 1 aliphatic heterocycles. The third-order valence-corrected chi connectivity index (χ3v) is 4.13. The molecule has 1 saturated heterocycles. The second-order valence-electron chi connectivity index (χ2n) is 5.35. The summed E-state index contributed by atoms with van der Waals surface area (Å²) >= 11 is 6.05. The fraction of sp³-hybridized carbons (Fsp3) is 0.562. The summed E-state index contributed by atoms with van der Waals surface area (Å²) in [7, 11) is 1.87. The van der Waals surface area contributed by atoms with Gasteiger partial charge in [-0.1, -0.05) is 23.7 Å². The quantitative estimate of drug-likeness (QED) is 0.765. The van der Waals surface area contributed by atoms with Gasteiger partial charge in [0.05, 0.1) is 5.02 Å². The molecule has 1 fully saturated rings. The Morgan fingerprint density at radius 3 is 2.50 bits per heavy atom. The highest BCUT2D eigenvalue weighted by Gasteiger charge is 2.20.